The third-order valence-electron chi connectivity index (χ3n) is 3.08. The van der Waals surface area contributed by atoms with Crippen molar-refractivity contribution in [2.75, 3.05) is 7.05 Å². The molecular weight excluding hydrogens is 232 g/mol. The number of benzene rings is 1. The molecule has 17 heavy (non-hydrogen) atoms. The van der Waals surface area contributed by atoms with Gasteiger partial charge in [-0.15, -0.1) is 0 Å². The lowest BCUT2D eigenvalue weighted by molar-refractivity contribution is -0.129. The maximum Gasteiger partial charge on any atom is 0.226 e. The van der Waals surface area contributed by atoms with Gasteiger partial charge in [0, 0.05) is 18.7 Å². The van der Waals surface area contributed by atoms with Gasteiger partial charge in [-0.1, -0.05) is 36.5 Å². The number of amides is 1. The Morgan fingerprint density at radius 1 is 1.41 bits per heavy atom. The molecule has 0 bridgehead atoms. The summed E-state index contributed by atoms with van der Waals surface area (Å²) in [6, 6.07) is 8.02. The van der Waals surface area contributed by atoms with Gasteiger partial charge in [-0.2, -0.15) is 0 Å². The van der Waals surface area contributed by atoms with Crippen LogP contribution in [0, 0.1) is 0 Å². The normalized spacial score (nSPS) is 14.4. The van der Waals surface area contributed by atoms with Crippen molar-refractivity contribution in [2.45, 2.75) is 25.3 Å². The second-order valence-electron chi connectivity index (χ2n) is 4.47. The summed E-state index contributed by atoms with van der Waals surface area (Å²) < 4.78 is 0. The van der Waals surface area contributed by atoms with Crippen LogP contribution >= 0.6 is 12.2 Å². The summed E-state index contributed by atoms with van der Waals surface area (Å²) in [6.45, 7) is 0. The maximum atomic E-state index is 11.9. The first-order valence-corrected chi connectivity index (χ1v) is 6.13. The van der Waals surface area contributed by atoms with Crippen molar-refractivity contribution in [3.63, 3.8) is 0 Å². The van der Waals surface area contributed by atoms with Crippen molar-refractivity contribution in [3.05, 3.63) is 35.4 Å². The predicted molar refractivity (Wildman–Crippen MR) is 71.8 cm³/mol. The second kappa shape index (κ2) is 4.84. The summed E-state index contributed by atoms with van der Waals surface area (Å²) in [5, 5.41) is 0. The fourth-order valence-corrected chi connectivity index (χ4v) is 1.89. The van der Waals surface area contributed by atoms with Crippen LogP contribution in [0.3, 0.4) is 0 Å². The molecule has 0 spiro atoms. The lowest BCUT2D eigenvalue weighted by Crippen LogP contribution is -2.30. The standard InChI is InChI=1S/C13H16N2OS/c1-15(11-6-7-11)12(16)8-9-2-4-10(5-3-9)13(14)17/h2-5,11H,6-8H2,1H3,(H2,14,17). The van der Waals surface area contributed by atoms with Gasteiger partial charge in [-0.3, -0.25) is 4.79 Å². The number of rotatable bonds is 4. The molecule has 1 aliphatic rings. The van der Waals surface area contributed by atoms with Gasteiger partial charge in [0.1, 0.15) is 4.99 Å². The van der Waals surface area contributed by atoms with E-state index in [2.05, 4.69) is 0 Å². The molecule has 1 fully saturated rings. The number of likely N-dealkylation sites (N-methyl/N-ethyl adjacent to an activating group) is 1. The lowest BCUT2D eigenvalue weighted by atomic mass is 10.1. The average molecular weight is 248 g/mol. The highest BCUT2D eigenvalue weighted by molar-refractivity contribution is 7.80. The van der Waals surface area contributed by atoms with Crippen molar-refractivity contribution in [1.82, 2.24) is 4.90 Å². The molecule has 0 aromatic heterocycles. The van der Waals surface area contributed by atoms with E-state index in [9.17, 15) is 4.79 Å². The Kier molecular flexibility index (Phi) is 3.43. The van der Waals surface area contributed by atoms with Gasteiger partial charge < -0.3 is 10.6 Å². The number of nitrogens with two attached hydrogens (primary N) is 1. The van der Waals surface area contributed by atoms with Crippen molar-refractivity contribution in [1.29, 1.82) is 0 Å². The van der Waals surface area contributed by atoms with Crippen LogP contribution in [0.2, 0.25) is 0 Å². The van der Waals surface area contributed by atoms with E-state index in [1.54, 1.807) is 0 Å². The van der Waals surface area contributed by atoms with Crippen LogP contribution in [0.4, 0.5) is 0 Å². The molecule has 2 N–H and O–H groups in total. The van der Waals surface area contributed by atoms with Gasteiger partial charge >= 0.3 is 0 Å². The summed E-state index contributed by atoms with van der Waals surface area (Å²) in [4.78, 5) is 14.1. The highest BCUT2D eigenvalue weighted by atomic mass is 32.1. The second-order valence-corrected chi connectivity index (χ2v) is 4.91. The Labute approximate surface area is 107 Å². The third-order valence-corrected chi connectivity index (χ3v) is 3.32. The van der Waals surface area contributed by atoms with Gasteiger partial charge in [0.2, 0.25) is 5.91 Å². The topological polar surface area (TPSA) is 46.3 Å². The van der Waals surface area contributed by atoms with Gasteiger partial charge in [-0.05, 0) is 18.4 Å². The van der Waals surface area contributed by atoms with E-state index in [1.165, 1.54) is 0 Å². The molecular formula is C13H16N2OS. The Morgan fingerprint density at radius 2 is 2.00 bits per heavy atom. The fourth-order valence-electron chi connectivity index (χ4n) is 1.75. The molecule has 3 nitrogen and oxygen atoms in total. The Morgan fingerprint density at radius 3 is 2.47 bits per heavy atom. The third kappa shape index (κ3) is 3.03. The number of nitrogens with zero attached hydrogens (tertiary/aromatic N) is 1. The Balaban J connectivity index is 1.98. The van der Waals surface area contributed by atoms with Crippen molar-refractivity contribution in [3.8, 4) is 0 Å². The first-order valence-electron chi connectivity index (χ1n) is 5.72. The molecule has 90 valence electrons. The molecule has 0 radical (unpaired) electrons. The van der Waals surface area contributed by atoms with Crippen molar-refractivity contribution in [2.24, 2.45) is 5.73 Å². The van der Waals surface area contributed by atoms with E-state index in [4.69, 9.17) is 18.0 Å². The molecule has 0 unspecified atom stereocenters. The van der Waals surface area contributed by atoms with Crippen molar-refractivity contribution >= 4 is 23.1 Å². The van der Waals surface area contributed by atoms with Gasteiger partial charge in [0.15, 0.2) is 0 Å². The molecule has 1 amide bonds. The minimum Gasteiger partial charge on any atom is -0.389 e. The molecule has 1 aliphatic carbocycles. The minimum atomic E-state index is 0.176. The minimum absolute atomic E-state index is 0.176. The predicted octanol–water partition coefficient (Wildman–Crippen LogP) is 1.48. The number of thiocarbonyl (C=S) groups is 1. The van der Waals surface area contributed by atoms with Gasteiger partial charge in [0.05, 0.1) is 6.42 Å². The molecule has 1 saturated carbocycles. The largest absolute Gasteiger partial charge is 0.389 e. The molecule has 0 atom stereocenters. The van der Waals surface area contributed by atoms with Crippen LogP contribution in [0.1, 0.15) is 24.0 Å². The summed E-state index contributed by atoms with van der Waals surface area (Å²) >= 11 is 4.88. The lowest BCUT2D eigenvalue weighted by Gasteiger charge is -2.16. The molecule has 4 heteroatoms. The molecule has 2 rings (SSSR count). The zero-order valence-corrected chi connectivity index (χ0v) is 10.7. The average Bonchev–Trinajstić information content (AvgIpc) is 3.12. The van der Waals surface area contributed by atoms with E-state index in [1.807, 2.05) is 36.2 Å². The van der Waals surface area contributed by atoms with E-state index >= 15 is 0 Å². The Hall–Kier alpha value is -1.42. The highest BCUT2D eigenvalue weighted by Gasteiger charge is 2.29. The van der Waals surface area contributed by atoms with Crippen LogP contribution in [0.5, 0.6) is 0 Å². The Bertz CT molecular complexity index is 437. The fraction of sp³-hybridized carbons (Fsp3) is 0.385. The number of hydrogen-bond donors (Lipinski definition) is 1. The van der Waals surface area contributed by atoms with Crippen LogP contribution < -0.4 is 5.73 Å². The van der Waals surface area contributed by atoms with Crippen LogP contribution in [0.15, 0.2) is 24.3 Å². The van der Waals surface area contributed by atoms with Crippen LogP contribution in [-0.4, -0.2) is 28.9 Å². The van der Waals surface area contributed by atoms with Crippen molar-refractivity contribution < 1.29 is 4.79 Å². The maximum absolute atomic E-state index is 11.9. The zero-order chi connectivity index (χ0) is 12.4. The zero-order valence-electron chi connectivity index (χ0n) is 9.85. The molecule has 0 heterocycles. The molecule has 1 aromatic rings. The molecule has 0 saturated heterocycles. The first-order chi connectivity index (χ1) is 8.08. The summed E-state index contributed by atoms with van der Waals surface area (Å²) in [5.74, 6) is 0.176. The SMILES string of the molecule is CN(C(=O)Cc1ccc(C(N)=S)cc1)C1CC1. The monoisotopic (exact) mass is 248 g/mol. The van der Waals surface area contributed by atoms with Gasteiger partial charge in [-0.25, -0.2) is 0 Å². The van der Waals surface area contributed by atoms with E-state index in [-0.39, 0.29) is 5.91 Å². The summed E-state index contributed by atoms with van der Waals surface area (Å²) in [6.07, 6.45) is 2.73. The van der Waals surface area contributed by atoms with E-state index in [0.29, 0.717) is 17.5 Å². The first kappa shape index (κ1) is 12.0. The quantitative estimate of drug-likeness (QED) is 0.821. The number of carbonyl (C=O) groups is 1. The van der Waals surface area contributed by atoms with Crippen LogP contribution in [0.25, 0.3) is 0 Å². The number of carbonyl (C=O) groups excluding carboxylic acids is 1. The summed E-state index contributed by atoms with van der Waals surface area (Å²) in [5.41, 5.74) is 7.36. The molecule has 0 aliphatic heterocycles. The van der Waals surface area contributed by atoms with Crippen LogP contribution in [-0.2, 0) is 11.2 Å². The van der Waals surface area contributed by atoms with Gasteiger partial charge in [0.25, 0.3) is 0 Å². The smallest absolute Gasteiger partial charge is 0.226 e. The highest BCUT2D eigenvalue weighted by Crippen LogP contribution is 2.25. The molecule has 1 aromatic carbocycles. The van der Waals surface area contributed by atoms with E-state index < -0.39 is 0 Å². The van der Waals surface area contributed by atoms with E-state index in [0.717, 1.165) is 24.0 Å². The number of hydrogen-bond acceptors (Lipinski definition) is 2. The summed E-state index contributed by atoms with van der Waals surface area (Å²) in [7, 11) is 1.88.